The summed E-state index contributed by atoms with van der Waals surface area (Å²) in [5.74, 6) is 0. The van der Waals surface area contributed by atoms with Crippen LogP contribution in [0.3, 0.4) is 0 Å². The number of benzene rings is 1. The molecule has 74 valence electrons. The summed E-state index contributed by atoms with van der Waals surface area (Å²) in [6.45, 7) is 1.09. The van der Waals surface area contributed by atoms with Gasteiger partial charge in [-0.2, -0.15) is 10.5 Å². The largest absolute Gasteiger partial charge is 0.379 e. The second kappa shape index (κ2) is 3.73. The summed E-state index contributed by atoms with van der Waals surface area (Å²) in [6.07, 6.45) is 0.732. The van der Waals surface area contributed by atoms with Crippen molar-refractivity contribution in [2.75, 3.05) is 13.2 Å². The predicted molar refractivity (Wildman–Crippen MR) is 53.9 cm³/mol. The molecule has 0 radical (unpaired) electrons. The van der Waals surface area contributed by atoms with E-state index in [2.05, 4.69) is 12.1 Å². The summed E-state index contributed by atoms with van der Waals surface area (Å²) in [6, 6.07) is 11.6. The van der Waals surface area contributed by atoms with Crippen molar-refractivity contribution in [3.8, 4) is 12.1 Å². The molecule has 1 atom stereocenters. The Balaban J connectivity index is 2.37. The van der Waals surface area contributed by atoms with Crippen LogP contribution in [0.5, 0.6) is 0 Å². The molecular formula is C12H10N2O. The highest BCUT2D eigenvalue weighted by Crippen LogP contribution is 2.32. The highest BCUT2D eigenvalue weighted by atomic mass is 16.5. The van der Waals surface area contributed by atoms with E-state index >= 15 is 0 Å². The van der Waals surface area contributed by atoms with E-state index in [0.29, 0.717) is 18.8 Å². The molecule has 0 spiro atoms. The quantitative estimate of drug-likeness (QED) is 0.690. The lowest BCUT2D eigenvalue weighted by molar-refractivity contribution is 0.186. The van der Waals surface area contributed by atoms with Gasteiger partial charge in [0.05, 0.1) is 24.3 Å². The third-order valence-electron chi connectivity index (χ3n) is 2.80. The molecule has 1 aliphatic heterocycles. The zero-order chi connectivity index (χ0) is 10.7. The van der Waals surface area contributed by atoms with Gasteiger partial charge in [-0.05, 0) is 24.1 Å². The Hall–Kier alpha value is -1.84. The number of nitrogens with zero attached hydrogens (tertiary/aromatic N) is 2. The molecule has 2 rings (SSSR count). The summed E-state index contributed by atoms with van der Waals surface area (Å²) >= 11 is 0. The van der Waals surface area contributed by atoms with Crippen LogP contribution >= 0.6 is 0 Å². The molecule has 1 aromatic rings. The van der Waals surface area contributed by atoms with E-state index < -0.39 is 5.41 Å². The van der Waals surface area contributed by atoms with Gasteiger partial charge in [0.2, 0.25) is 0 Å². The smallest absolute Gasteiger partial charge is 0.108 e. The molecule has 3 heteroatoms. The summed E-state index contributed by atoms with van der Waals surface area (Å²) in [7, 11) is 0. The van der Waals surface area contributed by atoms with Gasteiger partial charge in [-0.3, -0.25) is 0 Å². The highest BCUT2D eigenvalue weighted by Gasteiger charge is 2.36. The van der Waals surface area contributed by atoms with E-state index in [0.717, 1.165) is 12.0 Å². The molecule has 1 fully saturated rings. The fourth-order valence-electron chi connectivity index (χ4n) is 1.81. The van der Waals surface area contributed by atoms with Crippen molar-refractivity contribution in [1.82, 2.24) is 0 Å². The number of nitriles is 2. The Labute approximate surface area is 88.5 Å². The predicted octanol–water partition coefficient (Wildman–Crippen LogP) is 1.74. The lowest BCUT2D eigenvalue weighted by Crippen LogP contribution is -2.23. The van der Waals surface area contributed by atoms with Crippen LogP contribution in [0.2, 0.25) is 0 Å². The van der Waals surface area contributed by atoms with Crippen molar-refractivity contribution in [3.05, 3.63) is 35.4 Å². The SMILES string of the molecule is N#Cc1ccc([C@]2(C#N)CCOC2)cc1. The Morgan fingerprint density at radius 2 is 1.93 bits per heavy atom. The summed E-state index contributed by atoms with van der Waals surface area (Å²) < 4.78 is 5.27. The third kappa shape index (κ3) is 1.58. The van der Waals surface area contributed by atoms with Crippen LogP contribution in [-0.4, -0.2) is 13.2 Å². The standard InChI is InChI=1S/C12H10N2O/c13-7-10-1-3-11(4-2-10)12(8-14)5-6-15-9-12/h1-4H,5-6,9H2/t12-/m0/s1. The first-order valence-corrected chi connectivity index (χ1v) is 4.80. The zero-order valence-electron chi connectivity index (χ0n) is 8.23. The van der Waals surface area contributed by atoms with E-state index in [4.69, 9.17) is 10.00 Å². The summed E-state index contributed by atoms with van der Waals surface area (Å²) in [4.78, 5) is 0. The average Bonchev–Trinajstić information content (AvgIpc) is 2.79. The molecule has 1 aromatic carbocycles. The Kier molecular flexibility index (Phi) is 2.41. The maximum absolute atomic E-state index is 9.20. The second-order valence-corrected chi connectivity index (χ2v) is 3.69. The minimum absolute atomic E-state index is 0.454. The molecule has 0 aromatic heterocycles. The van der Waals surface area contributed by atoms with Crippen LogP contribution in [0.15, 0.2) is 24.3 Å². The van der Waals surface area contributed by atoms with Crippen molar-refractivity contribution in [3.63, 3.8) is 0 Å². The molecule has 0 aliphatic carbocycles. The fraction of sp³-hybridized carbons (Fsp3) is 0.333. The van der Waals surface area contributed by atoms with Gasteiger partial charge in [-0.25, -0.2) is 0 Å². The molecule has 0 N–H and O–H groups in total. The van der Waals surface area contributed by atoms with Crippen LogP contribution < -0.4 is 0 Å². The number of rotatable bonds is 1. The van der Waals surface area contributed by atoms with Gasteiger partial charge in [0.15, 0.2) is 0 Å². The van der Waals surface area contributed by atoms with Gasteiger partial charge in [0.1, 0.15) is 5.41 Å². The molecule has 0 unspecified atom stereocenters. The fourth-order valence-corrected chi connectivity index (χ4v) is 1.81. The first-order valence-electron chi connectivity index (χ1n) is 4.80. The second-order valence-electron chi connectivity index (χ2n) is 3.69. The van der Waals surface area contributed by atoms with Crippen molar-refractivity contribution in [2.45, 2.75) is 11.8 Å². The molecule has 1 aliphatic rings. The lowest BCUT2D eigenvalue weighted by atomic mass is 9.81. The van der Waals surface area contributed by atoms with Crippen LogP contribution in [0.25, 0.3) is 0 Å². The number of hydrogen-bond donors (Lipinski definition) is 0. The topological polar surface area (TPSA) is 56.8 Å². The first kappa shape index (κ1) is 9.71. The van der Waals surface area contributed by atoms with Gasteiger partial charge >= 0.3 is 0 Å². The molecule has 0 amide bonds. The Bertz CT molecular complexity index is 430. The van der Waals surface area contributed by atoms with Crippen molar-refractivity contribution in [1.29, 1.82) is 10.5 Å². The van der Waals surface area contributed by atoms with E-state index in [-0.39, 0.29) is 0 Å². The molecule has 15 heavy (non-hydrogen) atoms. The average molecular weight is 198 g/mol. The van der Waals surface area contributed by atoms with Gasteiger partial charge in [0.25, 0.3) is 0 Å². The first-order chi connectivity index (χ1) is 7.30. The third-order valence-corrected chi connectivity index (χ3v) is 2.80. The van der Waals surface area contributed by atoms with E-state index in [1.807, 2.05) is 12.1 Å². The molecule has 0 bridgehead atoms. The Morgan fingerprint density at radius 1 is 1.20 bits per heavy atom. The maximum Gasteiger partial charge on any atom is 0.108 e. The van der Waals surface area contributed by atoms with E-state index in [1.165, 1.54) is 0 Å². The number of hydrogen-bond acceptors (Lipinski definition) is 3. The lowest BCUT2D eigenvalue weighted by Gasteiger charge is -2.18. The maximum atomic E-state index is 9.20. The summed E-state index contributed by atoms with van der Waals surface area (Å²) in [5.41, 5.74) is 1.06. The zero-order valence-corrected chi connectivity index (χ0v) is 8.23. The van der Waals surface area contributed by atoms with E-state index in [9.17, 15) is 5.26 Å². The normalized spacial score (nSPS) is 24.4. The van der Waals surface area contributed by atoms with Crippen molar-refractivity contribution < 1.29 is 4.74 Å². The number of ether oxygens (including phenoxy) is 1. The molecule has 3 nitrogen and oxygen atoms in total. The molecule has 1 saturated heterocycles. The van der Waals surface area contributed by atoms with Gasteiger partial charge < -0.3 is 4.74 Å². The monoisotopic (exact) mass is 198 g/mol. The highest BCUT2D eigenvalue weighted by molar-refractivity contribution is 5.39. The van der Waals surface area contributed by atoms with Crippen LogP contribution in [0.1, 0.15) is 17.5 Å². The van der Waals surface area contributed by atoms with Gasteiger partial charge in [-0.15, -0.1) is 0 Å². The van der Waals surface area contributed by atoms with Crippen LogP contribution in [0, 0.1) is 22.7 Å². The van der Waals surface area contributed by atoms with Crippen LogP contribution in [-0.2, 0) is 10.2 Å². The van der Waals surface area contributed by atoms with Crippen molar-refractivity contribution >= 4 is 0 Å². The summed E-state index contributed by atoms with van der Waals surface area (Å²) in [5, 5.41) is 17.9. The molecule has 0 saturated carbocycles. The van der Waals surface area contributed by atoms with Gasteiger partial charge in [-0.1, -0.05) is 12.1 Å². The Morgan fingerprint density at radius 3 is 2.40 bits per heavy atom. The van der Waals surface area contributed by atoms with E-state index in [1.54, 1.807) is 12.1 Å². The molecule has 1 heterocycles. The van der Waals surface area contributed by atoms with Crippen LogP contribution in [0.4, 0.5) is 0 Å². The molecular weight excluding hydrogens is 188 g/mol. The minimum atomic E-state index is -0.506. The minimum Gasteiger partial charge on any atom is -0.379 e. The van der Waals surface area contributed by atoms with Crippen molar-refractivity contribution in [2.24, 2.45) is 0 Å². The van der Waals surface area contributed by atoms with Gasteiger partial charge in [0, 0.05) is 6.61 Å².